The average molecular weight is 858 g/mol. The highest BCUT2D eigenvalue weighted by atomic mass is 31.2. The first-order valence-electron chi connectivity index (χ1n) is 25.6. The Hall–Kier alpha value is -0.760. The summed E-state index contributed by atoms with van der Waals surface area (Å²) in [5.74, 6) is -0.144. The van der Waals surface area contributed by atoms with Gasteiger partial charge in [-0.05, 0) is 38.5 Å². The summed E-state index contributed by atoms with van der Waals surface area (Å²) < 4.78 is 23.6. The summed E-state index contributed by atoms with van der Waals surface area (Å²) in [7, 11) is 1.62. The Kier molecular flexibility index (Phi) is 42.0. The maximum Gasteiger partial charge on any atom is 0.472 e. The van der Waals surface area contributed by atoms with E-state index in [0.29, 0.717) is 23.9 Å². The Morgan fingerprint density at radius 1 is 0.559 bits per heavy atom. The lowest BCUT2D eigenvalue weighted by Gasteiger charge is -2.26. The molecule has 3 atom stereocenters. The third-order valence-corrected chi connectivity index (χ3v) is 12.7. The van der Waals surface area contributed by atoms with E-state index in [4.69, 9.17) is 9.05 Å². The minimum atomic E-state index is -4.31. The maximum atomic E-state index is 12.9. The predicted molar refractivity (Wildman–Crippen MR) is 254 cm³/mol. The van der Waals surface area contributed by atoms with Crippen LogP contribution in [0.5, 0.6) is 0 Å². The van der Waals surface area contributed by atoms with Gasteiger partial charge in [0.15, 0.2) is 0 Å². The third kappa shape index (κ3) is 45.1. The number of aliphatic hydroxyl groups is 1. The molecule has 0 aliphatic carbocycles. The van der Waals surface area contributed by atoms with Gasteiger partial charge in [-0.25, -0.2) is 4.57 Å². The van der Waals surface area contributed by atoms with Gasteiger partial charge in [-0.3, -0.25) is 13.8 Å². The monoisotopic (exact) mass is 858 g/mol. The van der Waals surface area contributed by atoms with Crippen molar-refractivity contribution in [3.8, 4) is 0 Å². The smallest absolute Gasteiger partial charge is 0.391 e. The van der Waals surface area contributed by atoms with E-state index in [2.05, 4.69) is 31.3 Å². The summed E-state index contributed by atoms with van der Waals surface area (Å²) in [5.41, 5.74) is 0. The summed E-state index contributed by atoms with van der Waals surface area (Å²) in [6, 6.07) is -0.756. The van der Waals surface area contributed by atoms with E-state index in [1.165, 1.54) is 186 Å². The molecule has 59 heavy (non-hydrogen) atoms. The summed E-state index contributed by atoms with van der Waals surface area (Å²) in [4.78, 5) is 23.2. The van der Waals surface area contributed by atoms with Crippen LogP contribution in [0.1, 0.15) is 251 Å². The molecule has 0 saturated heterocycles. The standard InChI is InChI=1S/C50H101N2O6P/c1-6-8-10-12-14-16-18-19-20-21-22-23-24-25-26-27-28-29-30-31-32-34-36-38-40-42-44-50(54)51-48(47-58-59(55,56)57-46-45-52(3,4)5)49(53)43-41-39-37-35-33-17-15-13-11-9-7-2/h25-26,48-49,53H,6-24,27-47H2,1-5H3,(H-,51,54,55,56)/p+1/b26-25-. The van der Waals surface area contributed by atoms with Gasteiger partial charge in [-0.15, -0.1) is 0 Å². The van der Waals surface area contributed by atoms with Gasteiger partial charge in [0, 0.05) is 6.42 Å². The number of unbranched alkanes of at least 4 members (excludes halogenated alkanes) is 32. The first kappa shape index (κ1) is 58.2. The molecule has 0 rings (SSSR count). The zero-order valence-electron chi connectivity index (χ0n) is 40.0. The van der Waals surface area contributed by atoms with E-state index in [9.17, 15) is 19.4 Å². The van der Waals surface area contributed by atoms with Crippen LogP contribution in [0.2, 0.25) is 0 Å². The zero-order valence-corrected chi connectivity index (χ0v) is 40.9. The lowest BCUT2D eigenvalue weighted by Crippen LogP contribution is -2.46. The number of carbonyl (C=O) groups is 1. The molecule has 0 spiro atoms. The van der Waals surface area contributed by atoms with Gasteiger partial charge in [0.1, 0.15) is 13.2 Å². The van der Waals surface area contributed by atoms with Gasteiger partial charge in [0.2, 0.25) is 5.91 Å². The molecule has 0 fully saturated rings. The molecule has 0 aromatic rings. The number of hydrogen-bond donors (Lipinski definition) is 3. The number of nitrogens with zero attached hydrogens (tertiary/aromatic N) is 1. The van der Waals surface area contributed by atoms with Gasteiger partial charge < -0.3 is 19.8 Å². The Morgan fingerprint density at radius 2 is 0.915 bits per heavy atom. The molecule has 3 N–H and O–H groups in total. The molecule has 0 aliphatic rings. The molecule has 0 heterocycles. The topological polar surface area (TPSA) is 105 Å². The van der Waals surface area contributed by atoms with Crippen molar-refractivity contribution in [2.75, 3.05) is 40.9 Å². The molecule has 0 bridgehead atoms. The quantitative estimate of drug-likeness (QED) is 0.0244. The molecule has 0 radical (unpaired) electrons. The number of phosphoric ester groups is 1. The number of hydrogen-bond acceptors (Lipinski definition) is 5. The fraction of sp³-hybridized carbons (Fsp3) is 0.940. The van der Waals surface area contributed by atoms with Crippen LogP contribution >= 0.6 is 7.82 Å². The van der Waals surface area contributed by atoms with E-state index in [1.807, 2.05) is 21.1 Å². The van der Waals surface area contributed by atoms with Crippen LogP contribution in [0, 0.1) is 0 Å². The van der Waals surface area contributed by atoms with Crippen LogP contribution in [0.3, 0.4) is 0 Å². The minimum absolute atomic E-state index is 0.0764. The van der Waals surface area contributed by atoms with E-state index < -0.39 is 20.0 Å². The van der Waals surface area contributed by atoms with Crippen molar-refractivity contribution < 1.29 is 32.9 Å². The van der Waals surface area contributed by atoms with Gasteiger partial charge in [-0.1, -0.05) is 219 Å². The highest BCUT2D eigenvalue weighted by molar-refractivity contribution is 7.47. The minimum Gasteiger partial charge on any atom is -0.391 e. The molecule has 1 amide bonds. The molecule has 0 saturated carbocycles. The van der Waals surface area contributed by atoms with Crippen molar-refractivity contribution in [2.45, 2.75) is 264 Å². The molecule has 8 nitrogen and oxygen atoms in total. The number of rotatable bonds is 47. The van der Waals surface area contributed by atoms with Gasteiger partial charge in [0.05, 0.1) is 39.9 Å². The molecular weight excluding hydrogens is 756 g/mol. The summed E-state index contributed by atoms with van der Waals surface area (Å²) in [5, 5.41) is 14.0. The Bertz CT molecular complexity index is 974. The van der Waals surface area contributed by atoms with Gasteiger partial charge in [-0.2, -0.15) is 0 Å². The fourth-order valence-corrected chi connectivity index (χ4v) is 8.43. The van der Waals surface area contributed by atoms with E-state index >= 15 is 0 Å². The lowest BCUT2D eigenvalue weighted by molar-refractivity contribution is -0.870. The van der Waals surface area contributed by atoms with Crippen LogP contribution in [0.4, 0.5) is 0 Å². The molecule has 352 valence electrons. The fourth-order valence-electron chi connectivity index (χ4n) is 7.69. The number of allylic oxidation sites excluding steroid dienone is 2. The van der Waals surface area contributed by atoms with Crippen molar-refractivity contribution >= 4 is 13.7 Å². The molecule has 3 unspecified atom stereocenters. The van der Waals surface area contributed by atoms with Crippen LogP contribution < -0.4 is 5.32 Å². The second-order valence-corrected chi connectivity index (χ2v) is 20.4. The Morgan fingerprint density at radius 3 is 1.31 bits per heavy atom. The largest absolute Gasteiger partial charge is 0.472 e. The van der Waals surface area contributed by atoms with Crippen LogP contribution in [-0.2, 0) is 18.4 Å². The Balaban J connectivity index is 4.09. The molecule has 9 heteroatoms. The number of aliphatic hydroxyl groups excluding tert-OH is 1. The first-order valence-corrected chi connectivity index (χ1v) is 27.0. The normalized spacial score (nSPS) is 14.2. The average Bonchev–Trinajstić information content (AvgIpc) is 3.19. The van der Waals surface area contributed by atoms with Crippen molar-refractivity contribution in [3.05, 3.63) is 12.2 Å². The SMILES string of the molecule is CCCCCCCCCCCCCC/C=C\CCCCCCCCCCCCC(=O)NC(COP(=O)(O)OCC[N+](C)(C)C)C(O)CCCCCCCCCCCCC. The van der Waals surface area contributed by atoms with Gasteiger partial charge in [0.25, 0.3) is 0 Å². The Labute approximate surface area is 367 Å². The van der Waals surface area contributed by atoms with Crippen molar-refractivity contribution in [1.82, 2.24) is 5.32 Å². The number of amides is 1. The van der Waals surface area contributed by atoms with Crippen LogP contribution in [0.15, 0.2) is 12.2 Å². The van der Waals surface area contributed by atoms with Crippen LogP contribution in [0.25, 0.3) is 0 Å². The number of nitrogens with one attached hydrogen (secondary N) is 1. The second-order valence-electron chi connectivity index (χ2n) is 18.9. The number of phosphoric acid groups is 1. The summed E-state index contributed by atoms with van der Waals surface area (Å²) in [6.45, 7) is 4.90. The van der Waals surface area contributed by atoms with Crippen molar-refractivity contribution in [3.63, 3.8) is 0 Å². The second kappa shape index (κ2) is 42.5. The molecular formula is C50H102N2O6P+. The molecule has 0 aromatic heterocycles. The lowest BCUT2D eigenvalue weighted by atomic mass is 10.0. The van der Waals surface area contributed by atoms with Gasteiger partial charge >= 0.3 is 7.82 Å². The summed E-state index contributed by atoms with van der Waals surface area (Å²) in [6.07, 6.45) is 49.7. The van der Waals surface area contributed by atoms with E-state index in [0.717, 1.165) is 38.5 Å². The van der Waals surface area contributed by atoms with E-state index in [1.54, 1.807) is 0 Å². The first-order chi connectivity index (χ1) is 28.5. The highest BCUT2D eigenvalue weighted by Gasteiger charge is 2.28. The van der Waals surface area contributed by atoms with Crippen molar-refractivity contribution in [2.24, 2.45) is 0 Å². The summed E-state index contributed by atoms with van der Waals surface area (Å²) >= 11 is 0. The number of quaternary nitrogens is 1. The van der Waals surface area contributed by atoms with E-state index in [-0.39, 0.29) is 19.1 Å². The molecule has 0 aliphatic heterocycles. The van der Waals surface area contributed by atoms with Crippen molar-refractivity contribution in [1.29, 1.82) is 0 Å². The maximum absolute atomic E-state index is 12.9. The highest BCUT2D eigenvalue weighted by Crippen LogP contribution is 2.43. The van der Waals surface area contributed by atoms with Crippen LogP contribution in [-0.4, -0.2) is 73.4 Å². The third-order valence-electron chi connectivity index (χ3n) is 11.8. The number of carbonyl (C=O) groups excluding carboxylic acids is 1. The number of likely N-dealkylation sites (N-methyl/N-ethyl adjacent to an activating group) is 1. The molecule has 0 aromatic carbocycles. The predicted octanol–water partition coefficient (Wildman–Crippen LogP) is 14.7. The zero-order chi connectivity index (χ0) is 43.6.